The summed E-state index contributed by atoms with van der Waals surface area (Å²) in [5.41, 5.74) is 2.25. The average Bonchev–Trinajstić information content (AvgIpc) is 3.01. The Morgan fingerprint density at radius 3 is 2.57 bits per heavy atom. The summed E-state index contributed by atoms with van der Waals surface area (Å²) in [4.78, 5) is 40.0. The summed E-state index contributed by atoms with van der Waals surface area (Å²) in [5.74, 6) is -1.39. The maximum atomic E-state index is 12.6. The lowest BCUT2D eigenvalue weighted by Gasteiger charge is -2.21. The van der Waals surface area contributed by atoms with Crippen molar-refractivity contribution in [3.05, 3.63) is 22.5 Å². The minimum atomic E-state index is -0.978. The molecule has 21 heavy (non-hydrogen) atoms. The molecule has 1 atom stereocenters. The number of likely N-dealkylation sites (tertiary alicyclic amines) is 1. The molecule has 0 unspecified atom stereocenters. The first kappa shape index (κ1) is 15.3. The number of carbonyl (C=O) groups is 3. The molecule has 0 aliphatic carbocycles. The number of carboxylic acid groups (broad SMARTS) is 1. The normalized spacial score (nSPS) is 18.0. The van der Waals surface area contributed by atoms with Gasteiger partial charge in [-0.2, -0.15) is 0 Å². The van der Waals surface area contributed by atoms with Crippen molar-refractivity contribution < 1.29 is 19.5 Å². The zero-order valence-corrected chi connectivity index (χ0v) is 12.5. The van der Waals surface area contributed by atoms with E-state index in [4.69, 9.17) is 0 Å². The zero-order chi connectivity index (χ0) is 15.7. The fraction of sp³-hybridized carbons (Fsp3) is 0.533. The van der Waals surface area contributed by atoms with Crippen LogP contribution < -0.4 is 0 Å². The molecule has 6 nitrogen and oxygen atoms in total. The number of aliphatic carboxylic acids is 1. The van der Waals surface area contributed by atoms with Crippen LogP contribution in [0.2, 0.25) is 0 Å². The van der Waals surface area contributed by atoms with Gasteiger partial charge in [-0.3, -0.25) is 9.59 Å². The SMILES string of the molecule is CCc1c(C(=O)N2CCC[C@H]2C(=O)O)[nH]c(C)c1C(C)=O. The molecule has 1 amide bonds. The van der Waals surface area contributed by atoms with E-state index in [9.17, 15) is 19.5 Å². The summed E-state index contributed by atoms with van der Waals surface area (Å²) in [7, 11) is 0. The van der Waals surface area contributed by atoms with Gasteiger partial charge in [0.15, 0.2) is 5.78 Å². The predicted molar refractivity (Wildman–Crippen MR) is 76.6 cm³/mol. The van der Waals surface area contributed by atoms with E-state index in [1.54, 1.807) is 6.92 Å². The van der Waals surface area contributed by atoms with Gasteiger partial charge < -0.3 is 15.0 Å². The van der Waals surface area contributed by atoms with Gasteiger partial charge in [0.1, 0.15) is 11.7 Å². The number of aryl methyl sites for hydroxylation is 1. The van der Waals surface area contributed by atoms with Gasteiger partial charge in [-0.15, -0.1) is 0 Å². The lowest BCUT2D eigenvalue weighted by atomic mass is 10.0. The van der Waals surface area contributed by atoms with Gasteiger partial charge in [0, 0.05) is 17.8 Å². The van der Waals surface area contributed by atoms with Crippen LogP contribution in [-0.4, -0.2) is 45.2 Å². The monoisotopic (exact) mass is 292 g/mol. The molecule has 1 fully saturated rings. The van der Waals surface area contributed by atoms with Crippen molar-refractivity contribution in [2.45, 2.75) is 46.1 Å². The number of hydrogen-bond donors (Lipinski definition) is 2. The molecule has 6 heteroatoms. The van der Waals surface area contributed by atoms with Gasteiger partial charge in [0.25, 0.3) is 5.91 Å². The highest BCUT2D eigenvalue weighted by atomic mass is 16.4. The fourth-order valence-electron chi connectivity index (χ4n) is 3.10. The molecule has 0 saturated carbocycles. The van der Waals surface area contributed by atoms with E-state index >= 15 is 0 Å². The lowest BCUT2D eigenvalue weighted by Crippen LogP contribution is -2.40. The van der Waals surface area contributed by atoms with Gasteiger partial charge in [0.2, 0.25) is 0 Å². The van der Waals surface area contributed by atoms with Crippen LogP contribution in [0, 0.1) is 6.92 Å². The summed E-state index contributed by atoms with van der Waals surface area (Å²) in [6.07, 6.45) is 1.71. The molecule has 114 valence electrons. The fourth-order valence-corrected chi connectivity index (χ4v) is 3.10. The molecule has 1 aromatic rings. The van der Waals surface area contributed by atoms with Crippen molar-refractivity contribution >= 4 is 17.7 Å². The highest BCUT2D eigenvalue weighted by molar-refractivity contribution is 6.03. The van der Waals surface area contributed by atoms with Gasteiger partial charge >= 0.3 is 5.97 Å². The molecule has 2 rings (SSSR count). The van der Waals surface area contributed by atoms with Crippen LogP contribution in [0.25, 0.3) is 0 Å². The van der Waals surface area contributed by atoms with Crippen LogP contribution in [0.4, 0.5) is 0 Å². The van der Waals surface area contributed by atoms with Crippen molar-refractivity contribution in [2.24, 2.45) is 0 Å². The van der Waals surface area contributed by atoms with Crippen molar-refractivity contribution in [2.75, 3.05) is 6.54 Å². The maximum absolute atomic E-state index is 12.6. The van der Waals surface area contributed by atoms with Gasteiger partial charge in [0.05, 0.1) is 0 Å². The van der Waals surface area contributed by atoms with Crippen LogP contribution in [0.3, 0.4) is 0 Å². The van der Waals surface area contributed by atoms with Crippen molar-refractivity contribution in [1.29, 1.82) is 0 Å². The number of Topliss-reactive ketones (excluding diaryl/α,β-unsaturated/α-hetero) is 1. The van der Waals surface area contributed by atoms with E-state index in [0.29, 0.717) is 48.3 Å². The van der Waals surface area contributed by atoms with Gasteiger partial charge in [-0.1, -0.05) is 6.92 Å². The largest absolute Gasteiger partial charge is 0.480 e. The third-order valence-corrected chi connectivity index (χ3v) is 4.01. The van der Waals surface area contributed by atoms with E-state index in [0.717, 1.165) is 0 Å². The molecular weight excluding hydrogens is 272 g/mol. The number of aromatic nitrogens is 1. The van der Waals surface area contributed by atoms with Crippen molar-refractivity contribution in [1.82, 2.24) is 9.88 Å². The smallest absolute Gasteiger partial charge is 0.326 e. The van der Waals surface area contributed by atoms with Crippen LogP contribution in [0.5, 0.6) is 0 Å². The lowest BCUT2D eigenvalue weighted by molar-refractivity contribution is -0.141. The Morgan fingerprint density at radius 1 is 1.38 bits per heavy atom. The number of carboxylic acids is 1. The molecule has 0 bridgehead atoms. The highest BCUT2D eigenvalue weighted by Crippen LogP contribution is 2.25. The Balaban J connectivity index is 2.42. The van der Waals surface area contributed by atoms with E-state index in [-0.39, 0.29) is 11.7 Å². The van der Waals surface area contributed by atoms with Crippen LogP contribution in [-0.2, 0) is 11.2 Å². The third-order valence-electron chi connectivity index (χ3n) is 4.01. The first-order valence-electron chi connectivity index (χ1n) is 7.14. The van der Waals surface area contributed by atoms with E-state index in [2.05, 4.69) is 4.98 Å². The molecule has 2 N–H and O–H groups in total. The minimum absolute atomic E-state index is 0.0872. The van der Waals surface area contributed by atoms with Crippen LogP contribution in [0.15, 0.2) is 0 Å². The summed E-state index contributed by atoms with van der Waals surface area (Å²) < 4.78 is 0. The molecule has 2 heterocycles. The van der Waals surface area contributed by atoms with Crippen molar-refractivity contribution in [3.8, 4) is 0 Å². The molecule has 1 aliphatic heterocycles. The maximum Gasteiger partial charge on any atom is 0.326 e. The number of hydrogen-bond acceptors (Lipinski definition) is 3. The Hall–Kier alpha value is -2.11. The zero-order valence-electron chi connectivity index (χ0n) is 12.5. The number of ketones is 1. The first-order valence-corrected chi connectivity index (χ1v) is 7.14. The quantitative estimate of drug-likeness (QED) is 0.828. The highest BCUT2D eigenvalue weighted by Gasteiger charge is 2.36. The second-order valence-electron chi connectivity index (χ2n) is 5.38. The molecule has 1 aliphatic rings. The van der Waals surface area contributed by atoms with Gasteiger partial charge in [-0.25, -0.2) is 4.79 Å². The first-order chi connectivity index (χ1) is 9.88. The molecule has 1 saturated heterocycles. The molecule has 1 aromatic heterocycles. The van der Waals surface area contributed by atoms with Crippen LogP contribution >= 0.6 is 0 Å². The second-order valence-corrected chi connectivity index (χ2v) is 5.38. The Morgan fingerprint density at radius 2 is 2.05 bits per heavy atom. The number of rotatable bonds is 4. The summed E-state index contributed by atoms with van der Waals surface area (Å²) in [5, 5.41) is 9.20. The van der Waals surface area contributed by atoms with E-state index < -0.39 is 12.0 Å². The average molecular weight is 292 g/mol. The number of carbonyl (C=O) groups excluding carboxylic acids is 2. The second kappa shape index (κ2) is 5.71. The summed E-state index contributed by atoms with van der Waals surface area (Å²) in [6, 6.07) is -0.772. The Bertz CT molecular complexity index is 603. The van der Waals surface area contributed by atoms with Crippen molar-refractivity contribution in [3.63, 3.8) is 0 Å². The number of nitrogens with zero attached hydrogens (tertiary/aromatic N) is 1. The summed E-state index contributed by atoms with van der Waals surface area (Å²) in [6.45, 7) is 5.54. The van der Waals surface area contributed by atoms with E-state index in [1.165, 1.54) is 11.8 Å². The number of H-pyrrole nitrogens is 1. The molecule has 0 radical (unpaired) electrons. The predicted octanol–water partition coefficient (Wildman–Crippen LogP) is 1.78. The minimum Gasteiger partial charge on any atom is -0.480 e. The van der Waals surface area contributed by atoms with Gasteiger partial charge in [-0.05, 0) is 38.7 Å². The Labute approximate surface area is 123 Å². The molecule has 0 aromatic carbocycles. The topological polar surface area (TPSA) is 90.5 Å². The standard InChI is InChI=1S/C15H20N2O4/c1-4-10-12(9(3)18)8(2)16-13(10)14(19)17-7-5-6-11(17)15(20)21/h11,16H,4-7H2,1-3H3,(H,20,21)/t11-/m0/s1. The van der Waals surface area contributed by atoms with Crippen LogP contribution in [0.1, 0.15) is 58.8 Å². The Kier molecular flexibility index (Phi) is 4.16. The summed E-state index contributed by atoms with van der Waals surface area (Å²) >= 11 is 0. The van der Waals surface area contributed by atoms with E-state index in [1.807, 2.05) is 6.92 Å². The third kappa shape index (κ3) is 2.57. The number of nitrogens with one attached hydrogen (secondary N) is 1. The number of amides is 1. The molecule has 0 spiro atoms. The number of aromatic amines is 1. The molecular formula is C15H20N2O4.